The average Bonchev–Trinajstić information content (AvgIpc) is 2.97. The van der Waals surface area contributed by atoms with Gasteiger partial charge in [-0.3, -0.25) is 4.98 Å². The predicted octanol–water partition coefficient (Wildman–Crippen LogP) is 5.35. The van der Waals surface area contributed by atoms with Gasteiger partial charge in [-0.15, -0.1) is 0 Å². The fourth-order valence-corrected chi connectivity index (χ4v) is 5.06. The van der Waals surface area contributed by atoms with Crippen LogP contribution in [0.1, 0.15) is 17.7 Å². The number of alkyl halides is 2. The Morgan fingerprint density at radius 2 is 1.59 bits per heavy atom. The van der Waals surface area contributed by atoms with Crippen molar-refractivity contribution < 1.29 is 18.3 Å². The number of halogens is 2. The summed E-state index contributed by atoms with van der Waals surface area (Å²) >= 11 is 0. The van der Waals surface area contributed by atoms with E-state index in [1.54, 1.807) is 6.20 Å². The van der Waals surface area contributed by atoms with Crippen LogP contribution < -0.4 is 15.1 Å². The van der Waals surface area contributed by atoms with Crippen molar-refractivity contribution in [3.8, 4) is 11.3 Å². The summed E-state index contributed by atoms with van der Waals surface area (Å²) in [6.45, 7) is 7.37. The van der Waals surface area contributed by atoms with Crippen LogP contribution in [-0.2, 0) is 9.47 Å². The van der Waals surface area contributed by atoms with Crippen LogP contribution in [0.3, 0.4) is 0 Å². The molecule has 0 aliphatic carbocycles. The van der Waals surface area contributed by atoms with E-state index < -0.39 is 6.43 Å². The molecule has 202 valence electrons. The quantitative estimate of drug-likeness (QED) is 0.356. The van der Waals surface area contributed by atoms with Gasteiger partial charge in [0.05, 0.1) is 55.2 Å². The molecule has 0 radical (unpaired) electrons. The Labute approximate surface area is 225 Å². The summed E-state index contributed by atoms with van der Waals surface area (Å²) < 4.78 is 39.2. The van der Waals surface area contributed by atoms with E-state index in [9.17, 15) is 8.78 Å². The molecule has 0 unspecified atom stereocenters. The number of ether oxygens (including phenoxy) is 2. The van der Waals surface area contributed by atoms with Crippen molar-refractivity contribution in [2.45, 2.75) is 13.3 Å². The second-order valence-electron chi connectivity index (χ2n) is 9.71. The Hall–Kier alpha value is -3.89. The number of pyridine rings is 3. The number of fused-ring (bicyclic) bond motifs is 1. The molecular formula is C29H30F2N6O2. The molecule has 8 nitrogen and oxygen atoms in total. The summed E-state index contributed by atoms with van der Waals surface area (Å²) in [5.41, 5.74) is 5.12. The predicted molar refractivity (Wildman–Crippen MR) is 148 cm³/mol. The lowest BCUT2D eigenvalue weighted by molar-refractivity contribution is 0.122. The highest BCUT2D eigenvalue weighted by Crippen LogP contribution is 2.37. The molecule has 39 heavy (non-hydrogen) atoms. The molecule has 1 aromatic carbocycles. The van der Waals surface area contributed by atoms with Gasteiger partial charge >= 0.3 is 0 Å². The van der Waals surface area contributed by atoms with Gasteiger partial charge in [-0.2, -0.15) is 0 Å². The lowest BCUT2D eigenvalue weighted by Gasteiger charge is -2.32. The standard InChI is InChI=1S/C29H30F2N6O2/c1-19-14-20(4-5-32-19)24-3-2-23-25(34-24)15-21(28(30)31)16-26(23)35-27-17-22(36-6-10-38-11-7-36)18-33-29(27)37-8-12-39-13-9-37/h2-5,14-18,28,35H,6-13H2,1H3. The number of morpholine rings is 2. The SMILES string of the molecule is Cc1cc(-c2ccc3c(Nc4cc(N5CCOCC5)cnc4N4CCOCC4)cc(C(F)F)cc3n2)ccn1. The summed E-state index contributed by atoms with van der Waals surface area (Å²) in [4.78, 5) is 18.2. The van der Waals surface area contributed by atoms with Crippen LogP contribution in [0.4, 0.5) is 31.7 Å². The lowest BCUT2D eigenvalue weighted by Crippen LogP contribution is -2.38. The van der Waals surface area contributed by atoms with Crippen LogP contribution in [0.5, 0.6) is 0 Å². The van der Waals surface area contributed by atoms with Crippen molar-refractivity contribution in [3.05, 3.63) is 66.1 Å². The number of nitrogens with zero attached hydrogens (tertiary/aromatic N) is 5. The molecule has 6 rings (SSSR count). The normalized spacial score (nSPS) is 16.2. The van der Waals surface area contributed by atoms with Crippen molar-refractivity contribution in [1.29, 1.82) is 0 Å². The first kappa shape index (κ1) is 25.4. The van der Waals surface area contributed by atoms with Gasteiger partial charge < -0.3 is 24.6 Å². The van der Waals surface area contributed by atoms with E-state index in [1.165, 1.54) is 12.1 Å². The summed E-state index contributed by atoms with van der Waals surface area (Å²) in [5.74, 6) is 0.766. The number of anilines is 4. The molecular weight excluding hydrogens is 502 g/mol. The van der Waals surface area contributed by atoms with Crippen molar-refractivity contribution >= 4 is 33.8 Å². The number of aryl methyl sites for hydroxylation is 1. The summed E-state index contributed by atoms with van der Waals surface area (Å²) in [5, 5.41) is 4.22. The van der Waals surface area contributed by atoms with Gasteiger partial charge in [-0.25, -0.2) is 18.7 Å². The fourth-order valence-electron chi connectivity index (χ4n) is 5.06. The lowest BCUT2D eigenvalue weighted by atomic mass is 10.1. The van der Waals surface area contributed by atoms with Gasteiger partial charge in [0.25, 0.3) is 6.43 Å². The molecule has 4 aromatic rings. The first-order valence-electron chi connectivity index (χ1n) is 13.1. The van der Waals surface area contributed by atoms with E-state index >= 15 is 0 Å². The highest BCUT2D eigenvalue weighted by molar-refractivity contribution is 5.96. The summed E-state index contributed by atoms with van der Waals surface area (Å²) in [6.07, 6.45) is 0.959. The maximum Gasteiger partial charge on any atom is 0.264 e. The van der Waals surface area contributed by atoms with E-state index in [4.69, 9.17) is 19.4 Å². The molecule has 10 heteroatoms. The maximum absolute atomic E-state index is 14.1. The number of hydrogen-bond acceptors (Lipinski definition) is 8. The van der Waals surface area contributed by atoms with Crippen molar-refractivity contribution in [2.75, 3.05) is 67.7 Å². The summed E-state index contributed by atoms with van der Waals surface area (Å²) in [7, 11) is 0. The second-order valence-corrected chi connectivity index (χ2v) is 9.71. The van der Waals surface area contributed by atoms with Gasteiger partial charge in [0, 0.05) is 60.3 Å². The van der Waals surface area contributed by atoms with E-state index in [0.717, 1.165) is 46.9 Å². The second kappa shape index (κ2) is 11.1. The van der Waals surface area contributed by atoms with Gasteiger partial charge in [-0.05, 0) is 49.4 Å². The number of nitrogens with one attached hydrogen (secondary N) is 1. The van der Waals surface area contributed by atoms with Gasteiger partial charge in [0.15, 0.2) is 5.82 Å². The maximum atomic E-state index is 14.1. The van der Waals surface area contributed by atoms with E-state index in [0.29, 0.717) is 56.4 Å². The molecule has 0 atom stereocenters. The Kier molecular flexibility index (Phi) is 7.21. The molecule has 5 heterocycles. The first-order chi connectivity index (χ1) is 19.0. The number of hydrogen-bond donors (Lipinski definition) is 1. The minimum absolute atomic E-state index is 0.0919. The third-order valence-corrected chi connectivity index (χ3v) is 7.08. The molecule has 2 saturated heterocycles. The van der Waals surface area contributed by atoms with Crippen LogP contribution >= 0.6 is 0 Å². The average molecular weight is 533 g/mol. The molecule has 3 aromatic heterocycles. The number of benzene rings is 1. The minimum Gasteiger partial charge on any atom is -0.378 e. The van der Waals surface area contributed by atoms with Gasteiger partial charge in [0.1, 0.15) is 0 Å². The zero-order valence-electron chi connectivity index (χ0n) is 21.7. The number of rotatable bonds is 6. The van der Waals surface area contributed by atoms with Crippen LogP contribution in [-0.4, -0.2) is 67.6 Å². The van der Waals surface area contributed by atoms with E-state index in [2.05, 4.69) is 20.1 Å². The topological polar surface area (TPSA) is 75.6 Å². The first-order valence-corrected chi connectivity index (χ1v) is 13.1. The molecule has 2 aliphatic rings. The van der Waals surface area contributed by atoms with Crippen molar-refractivity contribution in [2.24, 2.45) is 0 Å². The van der Waals surface area contributed by atoms with Crippen molar-refractivity contribution in [3.63, 3.8) is 0 Å². The molecule has 2 fully saturated rings. The Bertz CT molecular complexity index is 1470. The molecule has 0 spiro atoms. The van der Waals surface area contributed by atoms with Crippen LogP contribution in [0.15, 0.2) is 54.9 Å². The van der Waals surface area contributed by atoms with Crippen LogP contribution in [0.2, 0.25) is 0 Å². The third-order valence-electron chi connectivity index (χ3n) is 7.08. The van der Waals surface area contributed by atoms with Crippen LogP contribution in [0, 0.1) is 6.92 Å². The summed E-state index contributed by atoms with van der Waals surface area (Å²) in [6, 6.07) is 12.7. The zero-order valence-corrected chi connectivity index (χ0v) is 21.7. The smallest absolute Gasteiger partial charge is 0.264 e. The molecule has 0 amide bonds. The van der Waals surface area contributed by atoms with Gasteiger partial charge in [0.2, 0.25) is 0 Å². The Morgan fingerprint density at radius 3 is 2.31 bits per heavy atom. The van der Waals surface area contributed by atoms with Gasteiger partial charge in [-0.1, -0.05) is 0 Å². The number of aromatic nitrogens is 3. The van der Waals surface area contributed by atoms with Crippen molar-refractivity contribution in [1.82, 2.24) is 15.0 Å². The highest BCUT2D eigenvalue weighted by atomic mass is 19.3. The third kappa shape index (κ3) is 5.48. The zero-order chi connectivity index (χ0) is 26.8. The Balaban J connectivity index is 1.44. The monoisotopic (exact) mass is 532 g/mol. The van der Waals surface area contributed by atoms with E-state index in [-0.39, 0.29) is 5.56 Å². The van der Waals surface area contributed by atoms with E-state index in [1.807, 2.05) is 43.5 Å². The molecule has 0 saturated carbocycles. The highest BCUT2D eigenvalue weighted by Gasteiger charge is 2.21. The largest absolute Gasteiger partial charge is 0.378 e. The minimum atomic E-state index is -2.64. The molecule has 1 N–H and O–H groups in total. The van der Waals surface area contributed by atoms with Crippen LogP contribution in [0.25, 0.3) is 22.2 Å². The molecule has 2 aliphatic heterocycles. The fraction of sp³-hybridized carbons (Fsp3) is 0.345. The molecule has 0 bridgehead atoms. The Morgan fingerprint density at radius 1 is 0.846 bits per heavy atom.